The van der Waals surface area contributed by atoms with Gasteiger partial charge >= 0.3 is 0 Å². The van der Waals surface area contributed by atoms with Gasteiger partial charge in [-0.2, -0.15) is 0 Å². The Morgan fingerprint density at radius 3 is 2.31 bits per heavy atom. The normalized spacial score (nSPS) is 12.2. The van der Waals surface area contributed by atoms with E-state index in [9.17, 15) is 4.79 Å². The van der Waals surface area contributed by atoms with Gasteiger partial charge in [0, 0.05) is 19.8 Å². The molecule has 26 heavy (non-hydrogen) atoms. The molecule has 2 aromatic heterocycles. The zero-order chi connectivity index (χ0) is 18.5. The average Bonchev–Trinajstić information content (AvgIpc) is 3.20. The minimum Gasteiger partial charge on any atom is -0.333 e. The second-order valence-corrected chi connectivity index (χ2v) is 6.38. The van der Waals surface area contributed by atoms with E-state index in [0.717, 1.165) is 12.1 Å². The van der Waals surface area contributed by atoms with Crippen molar-refractivity contribution in [2.75, 3.05) is 27.7 Å². The quantitative estimate of drug-likeness (QED) is 0.680. The molecule has 1 amide bonds. The van der Waals surface area contributed by atoms with E-state index in [1.54, 1.807) is 40.5 Å². The summed E-state index contributed by atoms with van der Waals surface area (Å²) in [7, 11) is 5.84. The van der Waals surface area contributed by atoms with Crippen LogP contribution in [0.5, 0.6) is 0 Å². The Hall–Kier alpha value is -3.06. The van der Waals surface area contributed by atoms with Gasteiger partial charge in [-0.05, 0) is 31.8 Å². The molecule has 1 unspecified atom stereocenters. The van der Waals surface area contributed by atoms with E-state index in [1.807, 2.05) is 51.5 Å². The fourth-order valence-electron chi connectivity index (χ4n) is 2.80. The molecule has 3 aromatic rings. The van der Waals surface area contributed by atoms with Crippen molar-refractivity contribution >= 4 is 5.91 Å². The molecule has 7 nitrogen and oxygen atoms in total. The van der Waals surface area contributed by atoms with Gasteiger partial charge in [-0.25, -0.2) is 4.98 Å². The fourth-order valence-corrected chi connectivity index (χ4v) is 2.80. The van der Waals surface area contributed by atoms with Gasteiger partial charge in [0.05, 0.1) is 11.6 Å². The van der Waals surface area contributed by atoms with Crippen LogP contribution in [0.15, 0.2) is 61.3 Å². The molecule has 1 aromatic carbocycles. The van der Waals surface area contributed by atoms with Crippen LogP contribution in [-0.4, -0.2) is 63.1 Å². The Bertz CT molecular complexity index is 830. The Labute approximate surface area is 152 Å². The van der Waals surface area contributed by atoms with E-state index in [2.05, 4.69) is 20.1 Å². The number of carbonyl (C=O) groups is 1. The molecule has 0 fully saturated rings. The zero-order valence-electron chi connectivity index (χ0n) is 15.1. The minimum absolute atomic E-state index is 0.0452. The van der Waals surface area contributed by atoms with Crippen molar-refractivity contribution in [3.05, 3.63) is 72.4 Å². The first-order valence-electron chi connectivity index (χ1n) is 8.34. The Morgan fingerprint density at radius 2 is 1.73 bits per heavy atom. The van der Waals surface area contributed by atoms with E-state index >= 15 is 0 Å². The van der Waals surface area contributed by atoms with Crippen LogP contribution in [0.2, 0.25) is 0 Å². The van der Waals surface area contributed by atoms with Crippen LogP contribution in [0.4, 0.5) is 0 Å². The van der Waals surface area contributed by atoms with Gasteiger partial charge in [0.25, 0.3) is 5.91 Å². The van der Waals surface area contributed by atoms with Gasteiger partial charge in [-0.3, -0.25) is 9.36 Å². The molecule has 134 valence electrons. The number of pyridine rings is 1. The van der Waals surface area contributed by atoms with Gasteiger partial charge in [0.15, 0.2) is 0 Å². The maximum absolute atomic E-state index is 13.0. The standard InChI is InChI=1S/C19H22N6O/c1-23(2)12-17(15-7-5-4-6-8-15)24(3)19(26)16-9-10-18(20-11-16)25-13-21-22-14-25/h4-11,13-14,17H,12H2,1-3H3. The zero-order valence-corrected chi connectivity index (χ0v) is 15.1. The predicted molar refractivity (Wildman–Crippen MR) is 99.0 cm³/mol. The SMILES string of the molecule is CN(C)CC(c1ccccc1)N(C)C(=O)c1ccc(-n2cnnc2)nc1. The highest BCUT2D eigenvalue weighted by Crippen LogP contribution is 2.22. The topological polar surface area (TPSA) is 67.2 Å². The van der Waals surface area contributed by atoms with Crippen molar-refractivity contribution in [3.8, 4) is 5.82 Å². The number of nitrogens with zero attached hydrogens (tertiary/aromatic N) is 6. The van der Waals surface area contributed by atoms with Crippen molar-refractivity contribution in [1.82, 2.24) is 29.5 Å². The highest BCUT2D eigenvalue weighted by atomic mass is 16.2. The Morgan fingerprint density at radius 1 is 1.04 bits per heavy atom. The smallest absolute Gasteiger partial charge is 0.255 e. The van der Waals surface area contributed by atoms with E-state index in [0.29, 0.717) is 11.4 Å². The lowest BCUT2D eigenvalue weighted by Crippen LogP contribution is -2.37. The molecular weight excluding hydrogens is 328 g/mol. The van der Waals surface area contributed by atoms with Gasteiger partial charge in [0.2, 0.25) is 0 Å². The van der Waals surface area contributed by atoms with Crippen LogP contribution < -0.4 is 0 Å². The summed E-state index contributed by atoms with van der Waals surface area (Å²) in [5.41, 5.74) is 1.65. The summed E-state index contributed by atoms with van der Waals surface area (Å²) in [6.07, 6.45) is 4.73. The monoisotopic (exact) mass is 350 g/mol. The lowest BCUT2D eigenvalue weighted by Gasteiger charge is -2.31. The Balaban J connectivity index is 1.82. The summed E-state index contributed by atoms with van der Waals surface area (Å²) < 4.78 is 1.69. The summed E-state index contributed by atoms with van der Waals surface area (Å²) in [5.74, 6) is 0.602. The third-order valence-corrected chi connectivity index (χ3v) is 4.19. The van der Waals surface area contributed by atoms with Gasteiger partial charge < -0.3 is 9.80 Å². The summed E-state index contributed by atoms with van der Waals surface area (Å²) in [5, 5.41) is 7.52. The first-order chi connectivity index (χ1) is 12.6. The predicted octanol–water partition coefficient (Wildman–Crippen LogP) is 2.04. The van der Waals surface area contributed by atoms with Crippen LogP contribution >= 0.6 is 0 Å². The maximum atomic E-state index is 13.0. The summed E-state index contributed by atoms with van der Waals surface area (Å²) in [6, 6.07) is 13.6. The molecule has 7 heteroatoms. The van der Waals surface area contributed by atoms with Crippen LogP contribution in [0.1, 0.15) is 22.0 Å². The average molecular weight is 350 g/mol. The van der Waals surface area contributed by atoms with Crippen molar-refractivity contribution in [2.45, 2.75) is 6.04 Å². The van der Waals surface area contributed by atoms with Crippen molar-refractivity contribution in [3.63, 3.8) is 0 Å². The molecule has 2 heterocycles. The number of benzene rings is 1. The van der Waals surface area contributed by atoms with Crippen molar-refractivity contribution in [2.24, 2.45) is 0 Å². The van der Waals surface area contributed by atoms with E-state index in [4.69, 9.17) is 0 Å². The maximum Gasteiger partial charge on any atom is 0.255 e. The van der Waals surface area contributed by atoms with Gasteiger partial charge in [0.1, 0.15) is 18.5 Å². The van der Waals surface area contributed by atoms with Crippen molar-refractivity contribution in [1.29, 1.82) is 0 Å². The molecular formula is C19H22N6O. The van der Waals surface area contributed by atoms with Gasteiger partial charge in [-0.15, -0.1) is 10.2 Å². The molecule has 0 saturated carbocycles. The number of aromatic nitrogens is 4. The highest BCUT2D eigenvalue weighted by molar-refractivity contribution is 5.94. The first kappa shape index (κ1) is 17.8. The second kappa shape index (κ2) is 7.88. The molecule has 0 N–H and O–H groups in total. The molecule has 0 aliphatic heterocycles. The largest absolute Gasteiger partial charge is 0.333 e. The lowest BCUT2D eigenvalue weighted by atomic mass is 10.0. The molecule has 3 rings (SSSR count). The second-order valence-electron chi connectivity index (χ2n) is 6.38. The minimum atomic E-state index is -0.0662. The summed E-state index contributed by atoms with van der Waals surface area (Å²) >= 11 is 0. The van der Waals surface area contributed by atoms with Crippen LogP contribution in [0.3, 0.4) is 0 Å². The van der Waals surface area contributed by atoms with E-state index in [-0.39, 0.29) is 11.9 Å². The molecule has 0 radical (unpaired) electrons. The van der Waals surface area contributed by atoms with Gasteiger partial charge in [-0.1, -0.05) is 30.3 Å². The van der Waals surface area contributed by atoms with Crippen molar-refractivity contribution < 1.29 is 4.79 Å². The third kappa shape index (κ3) is 3.94. The van der Waals surface area contributed by atoms with E-state index in [1.165, 1.54) is 0 Å². The fraction of sp³-hybridized carbons (Fsp3) is 0.263. The number of carbonyl (C=O) groups excluding carboxylic acids is 1. The molecule has 1 atom stereocenters. The number of likely N-dealkylation sites (N-methyl/N-ethyl adjacent to an activating group) is 2. The first-order valence-corrected chi connectivity index (χ1v) is 8.34. The molecule has 0 bridgehead atoms. The summed E-state index contributed by atoms with van der Waals surface area (Å²) in [6.45, 7) is 0.735. The lowest BCUT2D eigenvalue weighted by molar-refractivity contribution is 0.0705. The van der Waals surface area contributed by atoms with Crippen LogP contribution in [0.25, 0.3) is 5.82 Å². The highest BCUT2D eigenvalue weighted by Gasteiger charge is 2.23. The molecule has 0 spiro atoms. The number of amides is 1. The van der Waals surface area contributed by atoms with Crippen LogP contribution in [-0.2, 0) is 0 Å². The number of hydrogen-bond acceptors (Lipinski definition) is 5. The Kier molecular flexibility index (Phi) is 5.38. The third-order valence-electron chi connectivity index (χ3n) is 4.19. The summed E-state index contributed by atoms with van der Waals surface area (Å²) in [4.78, 5) is 21.2. The number of rotatable bonds is 6. The number of hydrogen-bond donors (Lipinski definition) is 0. The molecule has 0 aliphatic rings. The molecule has 0 saturated heterocycles. The van der Waals surface area contributed by atoms with E-state index < -0.39 is 0 Å². The molecule has 0 aliphatic carbocycles. The van der Waals surface area contributed by atoms with Crippen LogP contribution in [0, 0.1) is 0 Å².